The van der Waals surface area contributed by atoms with Gasteiger partial charge >= 0.3 is 0 Å². The van der Waals surface area contributed by atoms with Crippen molar-refractivity contribution in [3.63, 3.8) is 0 Å². The predicted octanol–water partition coefficient (Wildman–Crippen LogP) is 1.41. The zero-order chi connectivity index (χ0) is 12.0. The first-order valence-electron chi connectivity index (χ1n) is 5.46. The van der Waals surface area contributed by atoms with Crippen molar-refractivity contribution in [2.24, 2.45) is 5.92 Å². The lowest BCUT2D eigenvalue weighted by Gasteiger charge is -2.01. The summed E-state index contributed by atoms with van der Waals surface area (Å²) in [6, 6.07) is 0.299. The Kier molecular flexibility index (Phi) is 2.25. The monoisotopic (exact) mass is 248 g/mol. The molecule has 0 spiro atoms. The Morgan fingerprint density at radius 2 is 2.24 bits per heavy atom. The topological polar surface area (TPSA) is 80.9 Å². The number of rotatable bonds is 2. The highest BCUT2D eigenvalue weighted by Crippen LogP contribution is 2.33. The third-order valence-corrected chi connectivity index (χ3v) is 4.10. The van der Waals surface area contributed by atoms with Gasteiger partial charge in [0.15, 0.2) is 0 Å². The molecule has 2 aromatic rings. The van der Waals surface area contributed by atoms with Gasteiger partial charge < -0.3 is 11.1 Å². The Morgan fingerprint density at radius 3 is 2.88 bits per heavy atom. The van der Waals surface area contributed by atoms with Gasteiger partial charge in [-0.25, -0.2) is 9.97 Å². The van der Waals surface area contributed by atoms with Crippen molar-refractivity contribution in [2.45, 2.75) is 19.4 Å². The van der Waals surface area contributed by atoms with Gasteiger partial charge in [0.05, 0.1) is 5.69 Å². The molecule has 0 saturated heterocycles. The molecule has 2 heterocycles. The molecule has 17 heavy (non-hydrogen) atoms. The lowest BCUT2D eigenvalue weighted by atomic mass is 10.3. The highest BCUT2D eigenvalue weighted by atomic mass is 32.1. The van der Waals surface area contributed by atoms with E-state index in [1.54, 1.807) is 12.4 Å². The number of anilines is 1. The number of hydrogen-bond donors (Lipinski definition) is 2. The molecular weight excluding hydrogens is 236 g/mol. The molecule has 2 atom stereocenters. The molecule has 1 aliphatic carbocycles. The van der Waals surface area contributed by atoms with Crippen molar-refractivity contribution in [2.75, 3.05) is 5.73 Å². The summed E-state index contributed by atoms with van der Waals surface area (Å²) >= 11 is 1.29. The van der Waals surface area contributed by atoms with Crippen LogP contribution >= 0.6 is 11.3 Å². The van der Waals surface area contributed by atoms with E-state index < -0.39 is 0 Å². The zero-order valence-electron chi connectivity index (χ0n) is 9.30. The summed E-state index contributed by atoms with van der Waals surface area (Å²) in [4.78, 5) is 21.5. The van der Waals surface area contributed by atoms with Gasteiger partial charge in [-0.3, -0.25) is 4.79 Å². The third-order valence-electron chi connectivity index (χ3n) is 3.00. The Morgan fingerprint density at radius 1 is 1.53 bits per heavy atom. The lowest BCUT2D eigenvalue weighted by molar-refractivity contribution is 0.0954. The van der Waals surface area contributed by atoms with Crippen molar-refractivity contribution in [3.05, 3.63) is 17.3 Å². The Balaban J connectivity index is 1.94. The Hall–Kier alpha value is -1.69. The molecule has 0 aliphatic heterocycles. The van der Waals surface area contributed by atoms with Gasteiger partial charge in [0.1, 0.15) is 15.2 Å². The number of nitrogens with zero attached hydrogens (tertiary/aromatic N) is 2. The number of carbonyl (C=O) groups excluding carboxylic acids is 1. The van der Waals surface area contributed by atoms with Gasteiger partial charge in [-0.2, -0.15) is 0 Å². The molecule has 0 aromatic carbocycles. The molecular formula is C11H12N4OS. The molecule has 1 amide bonds. The van der Waals surface area contributed by atoms with Crippen LogP contribution in [0.15, 0.2) is 12.4 Å². The van der Waals surface area contributed by atoms with Crippen molar-refractivity contribution in [3.8, 4) is 0 Å². The molecule has 2 aromatic heterocycles. The standard InChI is InChI=1S/C11H12N4OS/c1-5-4-6(5)15-10(16)9-7(12)8-11(17-9)14-3-2-13-8/h2-3,5-6H,4,12H2,1H3,(H,15,16). The van der Waals surface area contributed by atoms with E-state index in [4.69, 9.17) is 5.73 Å². The zero-order valence-corrected chi connectivity index (χ0v) is 10.1. The lowest BCUT2D eigenvalue weighted by Crippen LogP contribution is -2.26. The summed E-state index contributed by atoms with van der Waals surface area (Å²) in [5, 5.41) is 2.96. The molecule has 88 valence electrons. The molecule has 0 radical (unpaired) electrons. The van der Waals surface area contributed by atoms with E-state index >= 15 is 0 Å². The number of fused-ring (bicyclic) bond motifs is 1. The summed E-state index contributed by atoms with van der Waals surface area (Å²) in [6.45, 7) is 2.11. The first-order chi connectivity index (χ1) is 8.16. The van der Waals surface area contributed by atoms with Crippen LogP contribution in [0.1, 0.15) is 23.0 Å². The highest BCUT2D eigenvalue weighted by Gasteiger charge is 2.34. The molecule has 1 aliphatic rings. The number of nitrogens with two attached hydrogens (primary N) is 1. The molecule has 5 nitrogen and oxygen atoms in total. The van der Waals surface area contributed by atoms with Crippen LogP contribution in [0, 0.1) is 5.92 Å². The minimum atomic E-state index is -0.110. The molecule has 6 heteroatoms. The van der Waals surface area contributed by atoms with Crippen LogP contribution < -0.4 is 11.1 Å². The second kappa shape index (κ2) is 3.66. The van der Waals surface area contributed by atoms with Crippen LogP contribution in [-0.2, 0) is 0 Å². The summed E-state index contributed by atoms with van der Waals surface area (Å²) in [7, 11) is 0. The molecule has 1 saturated carbocycles. The van der Waals surface area contributed by atoms with E-state index in [-0.39, 0.29) is 5.91 Å². The molecule has 3 N–H and O–H groups in total. The fraction of sp³-hybridized carbons (Fsp3) is 0.364. The average Bonchev–Trinajstić information content (AvgIpc) is 2.89. The van der Waals surface area contributed by atoms with E-state index in [9.17, 15) is 4.79 Å². The maximum Gasteiger partial charge on any atom is 0.263 e. The summed E-state index contributed by atoms with van der Waals surface area (Å²) in [5.74, 6) is 0.465. The second-order valence-corrected chi connectivity index (χ2v) is 5.35. The third kappa shape index (κ3) is 1.74. The fourth-order valence-electron chi connectivity index (χ4n) is 1.77. The van der Waals surface area contributed by atoms with Crippen LogP contribution in [0.2, 0.25) is 0 Å². The number of amides is 1. The van der Waals surface area contributed by atoms with Crippen LogP contribution in [-0.4, -0.2) is 21.9 Å². The normalized spacial score (nSPS) is 22.6. The fourth-order valence-corrected chi connectivity index (χ4v) is 2.69. The predicted molar refractivity (Wildman–Crippen MR) is 66.9 cm³/mol. The van der Waals surface area contributed by atoms with Crippen LogP contribution in [0.4, 0.5) is 5.69 Å². The molecule has 0 bridgehead atoms. The first-order valence-corrected chi connectivity index (χ1v) is 6.28. The second-order valence-electron chi connectivity index (χ2n) is 4.35. The minimum Gasteiger partial charge on any atom is -0.396 e. The van der Waals surface area contributed by atoms with E-state index in [1.165, 1.54) is 11.3 Å². The van der Waals surface area contributed by atoms with E-state index in [2.05, 4.69) is 22.2 Å². The van der Waals surface area contributed by atoms with Crippen LogP contribution in [0.5, 0.6) is 0 Å². The van der Waals surface area contributed by atoms with E-state index in [0.717, 1.165) is 6.42 Å². The van der Waals surface area contributed by atoms with Crippen molar-refractivity contribution < 1.29 is 4.79 Å². The molecule has 2 unspecified atom stereocenters. The number of thiophene rings is 1. The maximum atomic E-state index is 12.0. The van der Waals surface area contributed by atoms with Gasteiger partial charge in [0.25, 0.3) is 5.91 Å². The largest absolute Gasteiger partial charge is 0.396 e. The van der Waals surface area contributed by atoms with Crippen LogP contribution in [0.3, 0.4) is 0 Å². The average molecular weight is 248 g/mol. The summed E-state index contributed by atoms with van der Waals surface area (Å²) in [6.07, 6.45) is 4.23. The van der Waals surface area contributed by atoms with Crippen molar-refractivity contribution in [1.82, 2.24) is 15.3 Å². The minimum absolute atomic E-state index is 0.110. The SMILES string of the molecule is CC1CC1NC(=O)c1sc2nccnc2c1N. The quantitative estimate of drug-likeness (QED) is 0.842. The van der Waals surface area contributed by atoms with E-state index in [0.29, 0.717) is 32.9 Å². The maximum absolute atomic E-state index is 12.0. The van der Waals surface area contributed by atoms with E-state index in [1.807, 2.05) is 0 Å². The van der Waals surface area contributed by atoms with Gasteiger partial charge in [-0.1, -0.05) is 6.92 Å². The summed E-state index contributed by atoms with van der Waals surface area (Å²) in [5.41, 5.74) is 6.97. The number of aromatic nitrogens is 2. The Labute approximate surface area is 102 Å². The van der Waals surface area contributed by atoms with Gasteiger partial charge in [0, 0.05) is 18.4 Å². The van der Waals surface area contributed by atoms with Gasteiger partial charge in [-0.05, 0) is 12.3 Å². The summed E-state index contributed by atoms with van der Waals surface area (Å²) < 4.78 is 0. The number of nitrogens with one attached hydrogen (secondary N) is 1. The van der Waals surface area contributed by atoms with Crippen molar-refractivity contribution >= 4 is 33.3 Å². The number of hydrogen-bond acceptors (Lipinski definition) is 5. The highest BCUT2D eigenvalue weighted by molar-refractivity contribution is 7.21. The Bertz CT molecular complexity index is 594. The van der Waals surface area contributed by atoms with Gasteiger partial charge in [0.2, 0.25) is 0 Å². The first kappa shape index (κ1) is 10.5. The molecule has 3 rings (SSSR count). The number of carbonyl (C=O) groups is 1. The molecule has 1 fully saturated rings. The van der Waals surface area contributed by atoms with Gasteiger partial charge in [-0.15, -0.1) is 11.3 Å². The smallest absolute Gasteiger partial charge is 0.263 e. The van der Waals surface area contributed by atoms with Crippen molar-refractivity contribution in [1.29, 1.82) is 0 Å². The number of nitrogen functional groups attached to an aromatic ring is 1. The van der Waals surface area contributed by atoms with Crippen LogP contribution in [0.25, 0.3) is 10.3 Å².